The Kier molecular flexibility index (Phi) is 2.83. The molecule has 6 heteroatoms. The summed E-state index contributed by atoms with van der Waals surface area (Å²) in [6.07, 6.45) is 1.20. The minimum atomic E-state index is 0.468. The topological polar surface area (TPSA) is 35.6 Å². The molecule has 1 aliphatic heterocycles. The molecule has 0 N–H and O–H groups in total. The summed E-state index contributed by atoms with van der Waals surface area (Å²) in [5.41, 5.74) is 3.10. The first-order valence-corrected chi connectivity index (χ1v) is 7.45. The lowest BCUT2D eigenvalue weighted by molar-refractivity contribution is 0.543. The average Bonchev–Trinajstić information content (AvgIpc) is 2.98. The fourth-order valence-corrected chi connectivity index (χ4v) is 3.93. The van der Waals surface area contributed by atoms with Crippen LogP contribution in [0, 0.1) is 6.92 Å². The number of halogens is 1. The molecule has 3 rings (SSSR count). The molecular formula is C11H15ClN4S. The van der Waals surface area contributed by atoms with Gasteiger partial charge in [-0.3, -0.25) is 4.68 Å². The summed E-state index contributed by atoms with van der Waals surface area (Å²) in [7, 11) is 1.98. The minimum absolute atomic E-state index is 0.468. The molecule has 3 heterocycles. The normalized spacial score (nSPS) is 20.5. The van der Waals surface area contributed by atoms with Crippen molar-refractivity contribution in [3.63, 3.8) is 0 Å². The van der Waals surface area contributed by atoms with E-state index in [0.29, 0.717) is 11.9 Å². The van der Waals surface area contributed by atoms with Crippen molar-refractivity contribution in [1.82, 2.24) is 19.3 Å². The molecule has 0 amide bonds. The van der Waals surface area contributed by atoms with Crippen molar-refractivity contribution in [2.75, 3.05) is 11.5 Å². The average molecular weight is 271 g/mol. The first-order chi connectivity index (χ1) is 8.22. The SMILES string of the molecule is Cc1nn(C)c2c1nc(CCl)n2C1CCSC1. The third-order valence-electron chi connectivity index (χ3n) is 3.30. The predicted molar refractivity (Wildman–Crippen MR) is 71.8 cm³/mol. The van der Waals surface area contributed by atoms with E-state index in [1.165, 1.54) is 12.2 Å². The zero-order chi connectivity index (χ0) is 12.0. The molecule has 1 aliphatic rings. The lowest BCUT2D eigenvalue weighted by Gasteiger charge is -2.14. The van der Waals surface area contributed by atoms with Crippen LogP contribution in [0.15, 0.2) is 0 Å². The van der Waals surface area contributed by atoms with E-state index in [1.54, 1.807) is 0 Å². The maximum absolute atomic E-state index is 6.02. The summed E-state index contributed by atoms with van der Waals surface area (Å²) >= 11 is 8.02. The van der Waals surface area contributed by atoms with Crippen molar-refractivity contribution < 1.29 is 0 Å². The number of aromatic nitrogens is 4. The molecule has 2 aromatic rings. The molecule has 0 bridgehead atoms. The zero-order valence-corrected chi connectivity index (χ0v) is 11.6. The lowest BCUT2D eigenvalue weighted by atomic mass is 10.2. The Labute approximate surface area is 109 Å². The van der Waals surface area contributed by atoms with E-state index in [9.17, 15) is 0 Å². The second-order valence-electron chi connectivity index (χ2n) is 4.43. The van der Waals surface area contributed by atoms with Crippen molar-refractivity contribution in [1.29, 1.82) is 0 Å². The maximum atomic E-state index is 6.02. The van der Waals surface area contributed by atoms with Crippen molar-refractivity contribution in [2.24, 2.45) is 7.05 Å². The van der Waals surface area contributed by atoms with Gasteiger partial charge in [0.1, 0.15) is 11.3 Å². The Morgan fingerprint density at radius 1 is 1.53 bits per heavy atom. The Balaban J connectivity index is 2.24. The number of alkyl halides is 1. The van der Waals surface area contributed by atoms with Crippen molar-refractivity contribution >= 4 is 34.5 Å². The Morgan fingerprint density at radius 3 is 3.00 bits per heavy atom. The molecule has 92 valence electrons. The number of nitrogens with zero attached hydrogens (tertiary/aromatic N) is 4. The summed E-state index contributed by atoms with van der Waals surface area (Å²) in [5, 5.41) is 4.44. The lowest BCUT2D eigenvalue weighted by Crippen LogP contribution is -2.13. The molecule has 0 spiro atoms. The standard InChI is InChI=1S/C11H15ClN4S/c1-7-10-11(15(2)14-7)16(9(5-12)13-10)8-3-4-17-6-8/h8H,3-6H2,1-2H3. The number of aryl methyl sites for hydroxylation is 2. The van der Waals surface area contributed by atoms with Crippen LogP contribution >= 0.6 is 23.4 Å². The number of hydrogen-bond acceptors (Lipinski definition) is 3. The highest BCUT2D eigenvalue weighted by Crippen LogP contribution is 2.33. The Hall–Kier alpha value is -0.680. The van der Waals surface area contributed by atoms with Crippen LogP contribution in [0.5, 0.6) is 0 Å². The number of imidazole rings is 1. The molecule has 1 fully saturated rings. The van der Waals surface area contributed by atoms with E-state index in [0.717, 1.165) is 28.4 Å². The number of hydrogen-bond donors (Lipinski definition) is 0. The van der Waals surface area contributed by atoms with Crippen LogP contribution in [0.25, 0.3) is 11.2 Å². The summed E-state index contributed by atoms with van der Waals surface area (Å²) < 4.78 is 4.22. The van der Waals surface area contributed by atoms with Crippen LogP contribution in [0.1, 0.15) is 24.0 Å². The number of thioether (sulfide) groups is 1. The smallest absolute Gasteiger partial charge is 0.158 e. The summed E-state index contributed by atoms with van der Waals surface area (Å²) in [6, 6.07) is 0.522. The molecular weight excluding hydrogens is 256 g/mol. The number of rotatable bonds is 2. The van der Waals surface area contributed by atoms with E-state index in [-0.39, 0.29) is 0 Å². The summed E-state index contributed by atoms with van der Waals surface area (Å²) in [5.74, 6) is 3.82. The highest BCUT2D eigenvalue weighted by Gasteiger charge is 2.25. The fraction of sp³-hybridized carbons (Fsp3) is 0.636. The quantitative estimate of drug-likeness (QED) is 0.787. The van der Waals surface area contributed by atoms with E-state index in [2.05, 4.69) is 14.6 Å². The van der Waals surface area contributed by atoms with E-state index in [1.807, 2.05) is 30.4 Å². The van der Waals surface area contributed by atoms with Gasteiger partial charge in [-0.25, -0.2) is 4.98 Å². The van der Waals surface area contributed by atoms with Gasteiger partial charge in [0.05, 0.1) is 11.6 Å². The van der Waals surface area contributed by atoms with Gasteiger partial charge in [-0.05, 0) is 19.1 Å². The molecule has 0 aromatic carbocycles. The van der Waals surface area contributed by atoms with Gasteiger partial charge in [-0.15, -0.1) is 11.6 Å². The second-order valence-corrected chi connectivity index (χ2v) is 5.85. The van der Waals surface area contributed by atoms with Crippen LogP contribution < -0.4 is 0 Å². The maximum Gasteiger partial charge on any atom is 0.158 e. The van der Waals surface area contributed by atoms with Gasteiger partial charge in [0.15, 0.2) is 5.65 Å². The number of fused-ring (bicyclic) bond motifs is 1. The van der Waals surface area contributed by atoms with Crippen LogP contribution in [-0.2, 0) is 12.9 Å². The molecule has 2 aromatic heterocycles. The Morgan fingerprint density at radius 2 is 2.35 bits per heavy atom. The minimum Gasteiger partial charge on any atom is -0.308 e. The van der Waals surface area contributed by atoms with Crippen LogP contribution in [-0.4, -0.2) is 30.8 Å². The van der Waals surface area contributed by atoms with Crippen LogP contribution in [0.4, 0.5) is 0 Å². The molecule has 1 atom stereocenters. The van der Waals surface area contributed by atoms with Gasteiger partial charge in [-0.2, -0.15) is 16.9 Å². The van der Waals surface area contributed by atoms with Gasteiger partial charge < -0.3 is 4.57 Å². The first kappa shape index (κ1) is 11.4. The second kappa shape index (κ2) is 4.21. The molecule has 0 aliphatic carbocycles. The summed E-state index contributed by atoms with van der Waals surface area (Å²) in [4.78, 5) is 4.63. The van der Waals surface area contributed by atoms with Crippen LogP contribution in [0.3, 0.4) is 0 Å². The predicted octanol–water partition coefficient (Wildman–Crippen LogP) is 2.50. The zero-order valence-electron chi connectivity index (χ0n) is 9.98. The molecule has 1 unspecified atom stereocenters. The third kappa shape index (κ3) is 1.67. The van der Waals surface area contributed by atoms with Gasteiger partial charge in [0.2, 0.25) is 0 Å². The highest BCUT2D eigenvalue weighted by molar-refractivity contribution is 7.99. The summed E-state index contributed by atoms with van der Waals surface area (Å²) in [6.45, 7) is 2.00. The van der Waals surface area contributed by atoms with Gasteiger partial charge in [0, 0.05) is 18.8 Å². The highest BCUT2D eigenvalue weighted by atomic mass is 35.5. The molecule has 1 saturated heterocycles. The van der Waals surface area contributed by atoms with Gasteiger partial charge in [0.25, 0.3) is 0 Å². The van der Waals surface area contributed by atoms with Gasteiger partial charge >= 0.3 is 0 Å². The monoisotopic (exact) mass is 270 g/mol. The molecule has 17 heavy (non-hydrogen) atoms. The van der Waals surface area contributed by atoms with Crippen molar-refractivity contribution in [2.45, 2.75) is 25.3 Å². The van der Waals surface area contributed by atoms with E-state index >= 15 is 0 Å². The first-order valence-electron chi connectivity index (χ1n) is 5.76. The molecule has 4 nitrogen and oxygen atoms in total. The fourth-order valence-electron chi connectivity index (χ4n) is 2.54. The third-order valence-corrected chi connectivity index (χ3v) is 4.68. The molecule has 0 saturated carbocycles. The van der Waals surface area contributed by atoms with E-state index < -0.39 is 0 Å². The largest absolute Gasteiger partial charge is 0.308 e. The van der Waals surface area contributed by atoms with Crippen molar-refractivity contribution in [3.05, 3.63) is 11.5 Å². The van der Waals surface area contributed by atoms with Crippen molar-refractivity contribution in [3.8, 4) is 0 Å². The Bertz CT molecular complexity index is 553. The van der Waals surface area contributed by atoms with Crippen LogP contribution in [0.2, 0.25) is 0 Å². The molecule has 0 radical (unpaired) electrons. The van der Waals surface area contributed by atoms with E-state index in [4.69, 9.17) is 11.6 Å². The van der Waals surface area contributed by atoms with Gasteiger partial charge in [-0.1, -0.05) is 0 Å².